The molecule has 0 aromatic heterocycles. The Morgan fingerprint density at radius 3 is 2.19 bits per heavy atom. The molecule has 1 unspecified atom stereocenters. The van der Waals surface area contributed by atoms with Crippen molar-refractivity contribution >= 4 is 13.3 Å². The van der Waals surface area contributed by atoms with E-state index in [-0.39, 0.29) is 58.9 Å². The van der Waals surface area contributed by atoms with Crippen LogP contribution in [0.4, 0.5) is 0 Å². The fourth-order valence-corrected chi connectivity index (χ4v) is 6.39. The fourth-order valence-electron chi connectivity index (χ4n) is 2.55. The molecule has 1 atom stereocenters. The van der Waals surface area contributed by atoms with E-state index >= 15 is 0 Å². The maximum atomic E-state index is 3.57. The number of allylic oxidation sites excluding steroid dienone is 4. The van der Waals surface area contributed by atoms with Crippen molar-refractivity contribution in [3.63, 3.8) is 0 Å². The predicted molar refractivity (Wildman–Crippen MR) is 77.9 cm³/mol. The molecule has 0 aliphatic heterocycles. The van der Waals surface area contributed by atoms with E-state index in [4.69, 9.17) is 0 Å². The van der Waals surface area contributed by atoms with E-state index in [1.54, 1.807) is 5.19 Å². The number of halogens is 3. The maximum Gasteiger partial charge on any atom is 4.00 e. The smallest absolute Gasteiger partial charge is 1.00 e. The van der Waals surface area contributed by atoms with Crippen molar-refractivity contribution in [3.8, 4) is 0 Å². The van der Waals surface area contributed by atoms with Gasteiger partial charge in [-0.05, 0) is 0 Å². The van der Waals surface area contributed by atoms with Gasteiger partial charge in [0.15, 0.2) is 0 Å². The second-order valence-electron chi connectivity index (χ2n) is 5.00. The summed E-state index contributed by atoms with van der Waals surface area (Å²) in [6, 6.07) is 12.4. The molecule has 0 saturated carbocycles. The van der Waals surface area contributed by atoms with Crippen LogP contribution in [0.15, 0.2) is 47.7 Å². The molecule has 0 heterocycles. The molecule has 0 N–H and O–H groups in total. The van der Waals surface area contributed by atoms with Crippen LogP contribution in [0.5, 0.6) is 0 Å². The number of hydrogen-bond acceptors (Lipinski definition) is 0. The molecule has 1 aromatic carbocycles. The Morgan fingerprint density at radius 1 is 1.10 bits per heavy atom. The van der Waals surface area contributed by atoms with Gasteiger partial charge in [0.1, 0.15) is 0 Å². The molecule has 5 heteroatoms. The van der Waals surface area contributed by atoms with Crippen LogP contribution in [0, 0.1) is 6.08 Å². The van der Waals surface area contributed by atoms with Crippen LogP contribution < -0.4 is 42.4 Å². The molecule has 0 bridgehead atoms. The first-order chi connectivity index (χ1) is 8.27. The third kappa shape index (κ3) is 6.64. The van der Waals surface area contributed by atoms with Gasteiger partial charge in [-0.15, -0.1) is 6.42 Å². The van der Waals surface area contributed by atoms with Gasteiger partial charge in [0.25, 0.3) is 0 Å². The average Bonchev–Trinajstić information content (AvgIpc) is 2.91. The Kier molecular flexibility index (Phi) is 16.3. The zero-order valence-electron chi connectivity index (χ0n) is 12.5. The molecule has 0 nitrogen and oxygen atoms in total. The minimum atomic E-state index is -1.49. The van der Waals surface area contributed by atoms with Gasteiger partial charge in [-0.3, -0.25) is 6.08 Å². The summed E-state index contributed by atoms with van der Waals surface area (Å²) in [5, 5.41) is 3.07. The molecule has 2 rings (SSSR count). The molecule has 114 valence electrons. The second kappa shape index (κ2) is 13.0. The first-order valence-corrected chi connectivity index (χ1v) is 9.31. The molecular formula is C16H21Cl3SiTi. The summed E-state index contributed by atoms with van der Waals surface area (Å²) < 4.78 is 0. The Morgan fingerprint density at radius 2 is 1.71 bits per heavy atom. The van der Waals surface area contributed by atoms with Crippen LogP contribution in [0.1, 0.15) is 26.2 Å². The predicted octanol–water partition coefficient (Wildman–Crippen LogP) is -4.99. The second-order valence-corrected chi connectivity index (χ2v) is 9.28. The van der Waals surface area contributed by atoms with Crippen molar-refractivity contribution in [2.24, 2.45) is 0 Å². The van der Waals surface area contributed by atoms with Gasteiger partial charge in [0, 0.05) is 0 Å². The van der Waals surface area contributed by atoms with Crippen LogP contribution in [0.2, 0.25) is 12.6 Å². The van der Waals surface area contributed by atoms with Gasteiger partial charge in [-0.25, -0.2) is 11.3 Å². The number of rotatable bonds is 5. The van der Waals surface area contributed by atoms with E-state index in [1.807, 2.05) is 0 Å². The molecule has 1 aliphatic carbocycles. The van der Waals surface area contributed by atoms with Crippen LogP contribution in [-0.2, 0) is 21.7 Å². The first-order valence-electron chi connectivity index (χ1n) is 6.61. The van der Waals surface area contributed by atoms with Crippen molar-refractivity contribution < 1.29 is 58.9 Å². The summed E-state index contributed by atoms with van der Waals surface area (Å²) in [4.78, 5) is 0. The monoisotopic (exact) mass is 394 g/mol. The van der Waals surface area contributed by atoms with E-state index in [1.165, 1.54) is 24.1 Å². The van der Waals surface area contributed by atoms with E-state index in [9.17, 15) is 0 Å². The molecule has 0 amide bonds. The summed E-state index contributed by atoms with van der Waals surface area (Å²) in [6.07, 6.45) is 11.8. The number of hydrogen-bond donors (Lipinski definition) is 0. The summed E-state index contributed by atoms with van der Waals surface area (Å²) in [6.45, 7) is 4.78. The summed E-state index contributed by atoms with van der Waals surface area (Å²) >= 11 is 0. The Bertz CT molecular complexity index is 434. The third-order valence-electron chi connectivity index (χ3n) is 3.73. The largest absolute Gasteiger partial charge is 4.00 e. The van der Waals surface area contributed by atoms with E-state index in [0.717, 1.165) is 6.42 Å². The molecule has 1 aromatic rings. The molecule has 0 spiro atoms. The zero-order chi connectivity index (χ0) is 12.1. The quantitative estimate of drug-likeness (QED) is 0.346. The molecule has 1 aliphatic rings. The Balaban J connectivity index is -0.000000810. The fraction of sp³-hybridized carbons (Fsp3) is 0.375. The van der Waals surface area contributed by atoms with Gasteiger partial charge >= 0.3 is 21.7 Å². The van der Waals surface area contributed by atoms with E-state index in [0.29, 0.717) is 0 Å². The van der Waals surface area contributed by atoms with Gasteiger partial charge in [0.05, 0.1) is 8.07 Å². The van der Waals surface area contributed by atoms with Gasteiger partial charge in [-0.2, -0.15) is 6.08 Å². The minimum absolute atomic E-state index is 0. The van der Waals surface area contributed by atoms with Gasteiger partial charge in [-0.1, -0.05) is 67.9 Å². The van der Waals surface area contributed by atoms with Crippen molar-refractivity contribution in [3.05, 3.63) is 53.8 Å². The summed E-state index contributed by atoms with van der Waals surface area (Å²) in [7, 11) is -1.49. The van der Waals surface area contributed by atoms with Gasteiger partial charge in [0.2, 0.25) is 0 Å². The molecule has 0 fully saturated rings. The van der Waals surface area contributed by atoms with E-state index < -0.39 is 8.07 Å². The van der Waals surface area contributed by atoms with E-state index in [2.05, 4.69) is 62.0 Å². The van der Waals surface area contributed by atoms with Crippen molar-refractivity contribution in [1.82, 2.24) is 0 Å². The van der Waals surface area contributed by atoms with Crippen LogP contribution in [0.25, 0.3) is 0 Å². The standard InChI is InChI=1S/C16H21Si.3ClH.Ti/c1-3-4-14-17(2,16-12-8-9-13-16)15-10-6-5-7-11-15;;;;/h5-8,10-12H,3-4,9,14H2,1-2H3;3*1H;/q-1;;;;+4/p-3. The minimum Gasteiger partial charge on any atom is -1.00 e. The molecule has 0 radical (unpaired) electrons. The number of benzene rings is 1. The molecular weight excluding hydrogens is 374 g/mol. The van der Waals surface area contributed by atoms with Crippen molar-refractivity contribution in [1.29, 1.82) is 0 Å². The Labute approximate surface area is 164 Å². The normalized spacial score (nSPS) is 14.5. The third-order valence-corrected chi connectivity index (χ3v) is 8.22. The van der Waals surface area contributed by atoms with Gasteiger partial charge < -0.3 is 37.2 Å². The topological polar surface area (TPSA) is 0 Å². The van der Waals surface area contributed by atoms with Crippen molar-refractivity contribution in [2.75, 3.05) is 0 Å². The summed E-state index contributed by atoms with van der Waals surface area (Å²) in [5.41, 5.74) is 0. The average molecular weight is 396 g/mol. The molecule has 21 heavy (non-hydrogen) atoms. The maximum absolute atomic E-state index is 3.57. The van der Waals surface area contributed by atoms with Crippen LogP contribution in [-0.4, -0.2) is 8.07 Å². The SMILES string of the molecule is CCCC[Si](C)(C1=[C-]CC=C1)c1ccccc1.[Cl-].[Cl-].[Cl-].[Ti+4]. The zero-order valence-corrected chi connectivity index (χ0v) is 17.3. The van der Waals surface area contributed by atoms with Crippen LogP contribution >= 0.6 is 0 Å². The molecule has 0 saturated heterocycles. The summed E-state index contributed by atoms with van der Waals surface area (Å²) in [5.74, 6) is 0. The Hall–Kier alpha value is 0.501. The van der Waals surface area contributed by atoms with Crippen molar-refractivity contribution in [2.45, 2.75) is 38.8 Å². The first kappa shape index (κ1) is 26.4. The number of unbranched alkanes of at least 4 members (excludes halogenated alkanes) is 1. The van der Waals surface area contributed by atoms with Crippen LogP contribution in [0.3, 0.4) is 0 Å².